The number of aromatic nitrogens is 2. The monoisotopic (exact) mass is 478 g/mol. The number of hydrogen-bond acceptors (Lipinski definition) is 5. The van der Waals surface area contributed by atoms with Gasteiger partial charge in [-0.15, -0.1) is 0 Å². The Morgan fingerprint density at radius 2 is 1.89 bits per heavy atom. The molecular formula is C28H22N4O2S. The van der Waals surface area contributed by atoms with Crippen LogP contribution in [0.2, 0.25) is 0 Å². The zero-order chi connectivity index (χ0) is 24.2. The average Bonchev–Trinajstić information content (AvgIpc) is 3.44. The summed E-state index contributed by atoms with van der Waals surface area (Å²) in [5.74, 6) is 0.344. The van der Waals surface area contributed by atoms with Crippen molar-refractivity contribution in [2.45, 2.75) is 13.5 Å². The standard InChI is InChI=1S/C28H22N4O2S/c1-19-10-12-22(13-11-19)34-15-14-32-18-21(23-6-2-4-8-25(23)32)16-20(17-29)27(33)31-28-30-24-7-3-5-9-26(24)35-28/h2-13,16,18H,14-15H2,1H3,(H,30,31,33)/b20-16+. The smallest absolute Gasteiger partial charge is 0.268 e. The fourth-order valence-electron chi connectivity index (χ4n) is 3.87. The van der Waals surface area contributed by atoms with Gasteiger partial charge >= 0.3 is 0 Å². The predicted molar refractivity (Wildman–Crippen MR) is 140 cm³/mol. The number of aryl methyl sites for hydroxylation is 1. The number of para-hydroxylation sites is 2. The second-order valence-corrected chi connectivity index (χ2v) is 9.10. The number of hydrogen-bond donors (Lipinski definition) is 1. The minimum absolute atomic E-state index is 0.0167. The number of nitrogens with one attached hydrogen (secondary N) is 1. The molecule has 5 aromatic rings. The van der Waals surface area contributed by atoms with Crippen LogP contribution in [0, 0.1) is 18.3 Å². The molecule has 7 heteroatoms. The van der Waals surface area contributed by atoms with Crippen LogP contribution >= 0.6 is 11.3 Å². The lowest BCUT2D eigenvalue weighted by Gasteiger charge is -2.08. The molecule has 2 heterocycles. The maximum Gasteiger partial charge on any atom is 0.268 e. The predicted octanol–water partition coefficient (Wildman–Crippen LogP) is 6.18. The number of carbonyl (C=O) groups excluding carboxylic acids is 1. The van der Waals surface area contributed by atoms with Gasteiger partial charge in [0.25, 0.3) is 5.91 Å². The van der Waals surface area contributed by atoms with Gasteiger partial charge in [0.1, 0.15) is 24.0 Å². The molecule has 172 valence electrons. The first kappa shape index (κ1) is 22.4. The van der Waals surface area contributed by atoms with Crippen molar-refractivity contribution in [3.8, 4) is 11.8 Å². The van der Waals surface area contributed by atoms with E-state index in [1.165, 1.54) is 16.9 Å². The number of benzene rings is 3. The third kappa shape index (κ3) is 4.93. The van der Waals surface area contributed by atoms with Gasteiger partial charge in [0.2, 0.25) is 0 Å². The lowest BCUT2D eigenvalue weighted by molar-refractivity contribution is -0.112. The number of ether oxygens (including phenoxy) is 1. The Labute approximate surface area is 206 Å². The van der Waals surface area contributed by atoms with Gasteiger partial charge in [-0.05, 0) is 43.3 Å². The topological polar surface area (TPSA) is 79.9 Å². The molecule has 35 heavy (non-hydrogen) atoms. The normalized spacial score (nSPS) is 11.5. The molecule has 0 bridgehead atoms. The number of anilines is 1. The molecule has 5 rings (SSSR count). The summed E-state index contributed by atoms with van der Waals surface area (Å²) in [6, 6.07) is 25.6. The van der Waals surface area contributed by atoms with Crippen molar-refractivity contribution in [3.05, 3.63) is 95.7 Å². The summed E-state index contributed by atoms with van der Waals surface area (Å²) in [5, 5.41) is 13.9. The van der Waals surface area contributed by atoms with E-state index in [4.69, 9.17) is 4.74 Å². The van der Waals surface area contributed by atoms with E-state index in [9.17, 15) is 10.1 Å². The largest absolute Gasteiger partial charge is 0.492 e. The van der Waals surface area contributed by atoms with Crippen molar-refractivity contribution < 1.29 is 9.53 Å². The number of fused-ring (bicyclic) bond motifs is 2. The highest BCUT2D eigenvalue weighted by Gasteiger charge is 2.15. The van der Waals surface area contributed by atoms with Crippen molar-refractivity contribution in [1.82, 2.24) is 9.55 Å². The SMILES string of the molecule is Cc1ccc(OCCn2cc(/C=C(\C#N)C(=O)Nc3nc4ccccc4s3)c3ccccc32)cc1. The second-order valence-electron chi connectivity index (χ2n) is 8.07. The highest BCUT2D eigenvalue weighted by Crippen LogP contribution is 2.27. The molecule has 0 unspecified atom stereocenters. The Morgan fingerprint density at radius 3 is 2.69 bits per heavy atom. The molecule has 0 aliphatic heterocycles. The maximum absolute atomic E-state index is 12.9. The van der Waals surface area contributed by atoms with Crippen molar-refractivity contribution in [3.63, 3.8) is 0 Å². The maximum atomic E-state index is 12.9. The van der Waals surface area contributed by atoms with Crippen LogP contribution in [-0.4, -0.2) is 22.1 Å². The Morgan fingerprint density at radius 1 is 1.11 bits per heavy atom. The third-order valence-corrected chi connectivity index (χ3v) is 6.57. The average molecular weight is 479 g/mol. The molecule has 0 atom stereocenters. The zero-order valence-electron chi connectivity index (χ0n) is 19.1. The van der Waals surface area contributed by atoms with E-state index in [2.05, 4.69) is 14.9 Å². The van der Waals surface area contributed by atoms with Crippen LogP contribution in [-0.2, 0) is 11.3 Å². The van der Waals surface area contributed by atoms with Crippen LogP contribution in [0.5, 0.6) is 5.75 Å². The summed E-state index contributed by atoms with van der Waals surface area (Å²) >= 11 is 1.38. The van der Waals surface area contributed by atoms with Gasteiger partial charge in [-0.3, -0.25) is 10.1 Å². The minimum Gasteiger partial charge on any atom is -0.492 e. The number of nitriles is 1. The van der Waals surface area contributed by atoms with Crippen LogP contribution in [0.25, 0.3) is 27.2 Å². The second kappa shape index (κ2) is 9.84. The van der Waals surface area contributed by atoms with Crippen molar-refractivity contribution in [2.24, 2.45) is 0 Å². The summed E-state index contributed by atoms with van der Waals surface area (Å²) in [6.07, 6.45) is 3.58. The van der Waals surface area contributed by atoms with E-state index in [0.717, 1.165) is 32.4 Å². The first-order valence-corrected chi connectivity index (χ1v) is 12.0. The summed E-state index contributed by atoms with van der Waals surface area (Å²) in [7, 11) is 0. The van der Waals surface area contributed by atoms with Crippen LogP contribution in [0.3, 0.4) is 0 Å². The van der Waals surface area contributed by atoms with Crippen molar-refractivity contribution in [1.29, 1.82) is 5.26 Å². The number of rotatable bonds is 7. The fraction of sp³-hybridized carbons (Fsp3) is 0.107. The molecule has 0 fully saturated rings. The van der Waals surface area contributed by atoms with Gasteiger partial charge in [0.15, 0.2) is 5.13 Å². The van der Waals surface area contributed by atoms with Gasteiger partial charge in [-0.2, -0.15) is 5.26 Å². The van der Waals surface area contributed by atoms with Crippen molar-refractivity contribution >= 4 is 49.6 Å². The molecule has 6 nitrogen and oxygen atoms in total. The highest BCUT2D eigenvalue weighted by molar-refractivity contribution is 7.22. The highest BCUT2D eigenvalue weighted by atomic mass is 32.1. The molecular weight excluding hydrogens is 456 g/mol. The molecule has 0 aliphatic carbocycles. The number of amides is 1. The molecule has 1 amide bonds. The van der Waals surface area contributed by atoms with Crippen LogP contribution in [0.15, 0.2) is 84.6 Å². The first-order valence-electron chi connectivity index (χ1n) is 11.2. The summed E-state index contributed by atoms with van der Waals surface area (Å²) < 4.78 is 8.95. The van der Waals surface area contributed by atoms with E-state index >= 15 is 0 Å². The molecule has 2 aromatic heterocycles. The number of thiazole rings is 1. The fourth-order valence-corrected chi connectivity index (χ4v) is 4.73. The van der Waals surface area contributed by atoms with Gasteiger partial charge in [-0.25, -0.2) is 4.98 Å². The van der Waals surface area contributed by atoms with Crippen molar-refractivity contribution in [2.75, 3.05) is 11.9 Å². The summed E-state index contributed by atoms with van der Waals surface area (Å²) in [6.45, 7) is 3.16. The van der Waals surface area contributed by atoms with E-state index in [-0.39, 0.29) is 5.57 Å². The number of nitrogens with zero attached hydrogens (tertiary/aromatic N) is 3. The molecule has 0 aliphatic rings. The molecule has 1 N–H and O–H groups in total. The van der Waals surface area contributed by atoms with E-state index in [1.807, 2.05) is 92.0 Å². The van der Waals surface area contributed by atoms with Gasteiger partial charge < -0.3 is 9.30 Å². The van der Waals surface area contributed by atoms with Crippen LogP contribution in [0.1, 0.15) is 11.1 Å². The summed E-state index contributed by atoms with van der Waals surface area (Å²) in [5.41, 5.74) is 3.82. The first-order chi connectivity index (χ1) is 17.1. The van der Waals surface area contributed by atoms with E-state index in [1.54, 1.807) is 6.08 Å². The molecule has 3 aromatic carbocycles. The van der Waals surface area contributed by atoms with Gasteiger partial charge in [0, 0.05) is 22.7 Å². The van der Waals surface area contributed by atoms with E-state index < -0.39 is 5.91 Å². The molecule has 0 saturated carbocycles. The number of carbonyl (C=O) groups is 1. The van der Waals surface area contributed by atoms with Gasteiger partial charge in [0.05, 0.1) is 16.8 Å². The Kier molecular flexibility index (Phi) is 6.29. The quantitative estimate of drug-likeness (QED) is 0.224. The van der Waals surface area contributed by atoms with Crippen LogP contribution < -0.4 is 10.1 Å². The van der Waals surface area contributed by atoms with E-state index in [0.29, 0.717) is 18.3 Å². The van der Waals surface area contributed by atoms with Gasteiger partial charge in [-0.1, -0.05) is 59.4 Å². The van der Waals surface area contributed by atoms with Crippen LogP contribution in [0.4, 0.5) is 5.13 Å². The minimum atomic E-state index is -0.480. The lowest BCUT2D eigenvalue weighted by Crippen LogP contribution is -2.13. The molecule has 0 spiro atoms. The zero-order valence-corrected chi connectivity index (χ0v) is 19.9. The Hall–Kier alpha value is -4.41. The Bertz CT molecular complexity index is 1560. The lowest BCUT2D eigenvalue weighted by atomic mass is 10.1. The summed E-state index contributed by atoms with van der Waals surface area (Å²) in [4.78, 5) is 17.3. The third-order valence-electron chi connectivity index (χ3n) is 5.62. The Balaban J connectivity index is 1.36. The molecule has 0 radical (unpaired) electrons. The molecule has 0 saturated heterocycles.